The highest BCUT2D eigenvalue weighted by atomic mass is 16.5. The maximum Gasteiger partial charge on any atom is 0.336 e. The van der Waals surface area contributed by atoms with Crippen molar-refractivity contribution in [2.75, 3.05) is 0 Å². The minimum Gasteiger partial charge on any atom is -0.464 e. The van der Waals surface area contributed by atoms with Crippen LogP contribution in [0.15, 0.2) is 56.7 Å². The Morgan fingerprint density at radius 2 is 1.83 bits per heavy atom. The second kappa shape index (κ2) is 8.81. The molecule has 0 radical (unpaired) electrons. The third-order valence-corrected chi connectivity index (χ3v) is 7.57. The van der Waals surface area contributed by atoms with E-state index in [0.29, 0.717) is 34.2 Å². The molecule has 2 unspecified atom stereocenters. The molecule has 2 heterocycles. The Morgan fingerprint density at radius 3 is 2.57 bits per heavy atom. The standard InChI is InChI=1S/C29H33NO5/c1-16-10-11-23-19(12-16)27(32)20(15-34-23)25-24(28(33)35-18-8-6-5-7-9-18)17(2)30-21-13-29(3,4)14-22(31)26(21)25/h10-13,15,18,25-26,30H,5-9,14H2,1-4H3. The van der Waals surface area contributed by atoms with Crippen molar-refractivity contribution >= 4 is 22.7 Å². The summed E-state index contributed by atoms with van der Waals surface area (Å²) in [6, 6.07) is 5.46. The number of rotatable bonds is 3. The van der Waals surface area contributed by atoms with Gasteiger partial charge in [-0.1, -0.05) is 38.0 Å². The minimum atomic E-state index is -0.761. The summed E-state index contributed by atoms with van der Waals surface area (Å²) < 4.78 is 11.8. The summed E-state index contributed by atoms with van der Waals surface area (Å²) in [7, 11) is 0. The van der Waals surface area contributed by atoms with Crippen LogP contribution in [0.1, 0.15) is 76.3 Å². The van der Waals surface area contributed by atoms with Crippen molar-refractivity contribution in [2.45, 2.75) is 78.2 Å². The Bertz CT molecular complexity index is 1320. The van der Waals surface area contributed by atoms with Crippen molar-refractivity contribution in [3.05, 3.63) is 68.9 Å². The maximum atomic E-state index is 13.8. The van der Waals surface area contributed by atoms with Crippen molar-refractivity contribution in [2.24, 2.45) is 11.3 Å². The zero-order valence-electron chi connectivity index (χ0n) is 20.9. The van der Waals surface area contributed by atoms with Gasteiger partial charge in [0.15, 0.2) is 5.43 Å². The van der Waals surface area contributed by atoms with Crippen LogP contribution in [-0.2, 0) is 14.3 Å². The normalized spacial score (nSPS) is 24.6. The van der Waals surface area contributed by atoms with Crippen molar-refractivity contribution in [3.63, 3.8) is 0 Å². The summed E-state index contributed by atoms with van der Waals surface area (Å²) >= 11 is 0. The molecule has 184 valence electrons. The zero-order valence-corrected chi connectivity index (χ0v) is 20.9. The van der Waals surface area contributed by atoms with Gasteiger partial charge in [-0.25, -0.2) is 4.79 Å². The van der Waals surface area contributed by atoms with Crippen LogP contribution in [0.2, 0.25) is 0 Å². The van der Waals surface area contributed by atoms with E-state index in [1.165, 1.54) is 6.26 Å². The average Bonchev–Trinajstić information content (AvgIpc) is 2.78. The Kier molecular flexibility index (Phi) is 5.94. The first-order valence-electron chi connectivity index (χ1n) is 12.6. The van der Waals surface area contributed by atoms with Crippen LogP contribution in [-0.4, -0.2) is 17.9 Å². The van der Waals surface area contributed by atoms with E-state index in [1.54, 1.807) is 12.1 Å². The van der Waals surface area contributed by atoms with E-state index in [9.17, 15) is 14.4 Å². The Hall–Kier alpha value is -3.15. The molecule has 1 aromatic carbocycles. The molecule has 0 bridgehead atoms. The molecule has 1 N–H and O–H groups in total. The van der Waals surface area contributed by atoms with Gasteiger partial charge in [-0.3, -0.25) is 9.59 Å². The van der Waals surface area contributed by atoms with E-state index in [-0.39, 0.29) is 22.7 Å². The summed E-state index contributed by atoms with van der Waals surface area (Å²) in [5.41, 5.74) is 2.93. The SMILES string of the molecule is CC1=C(C(=O)OC2CCCCC2)C(c2coc3ccc(C)cc3c2=O)C2C(=O)CC(C)(C)C=C2N1. The monoisotopic (exact) mass is 475 g/mol. The molecule has 6 heteroatoms. The molecular weight excluding hydrogens is 442 g/mol. The van der Waals surface area contributed by atoms with Gasteiger partial charge in [-0.2, -0.15) is 0 Å². The number of allylic oxidation sites excluding steroid dienone is 3. The highest BCUT2D eigenvalue weighted by Crippen LogP contribution is 2.46. The third-order valence-electron chi connectivity index (χ3n) is 7.57. The Balaban J connectivity index is 1.67. The number of hydrogen-bond acceptors (Lipinski definition) is 6. The quantitative estimate of drug-likeness (QED) is 0.595. The summed E-state index contributed by atoms with van der Waals surface area (Å²) in [5.74, 6) is -1.87. The van der Waals surface area contributed by atoms with E-state index >= 15 is 0 Å². The first-order chi connectivity index (χ1) is 16.6. The van der Waals surface area contributed by atoms with Crippen LogP contribution < -0.4 is 10.7 Å². The number of nitrogens with one attached hydrogen (secondary N) is 1. The van der Waals surface area contributed by atoms with Gasteiger partial charge in [0.1, 0.15) is 17.5 Å². The van der Waals surface area contributed by atoms with Crippen molar-refractivity contribution < 1.29 is 18.7 Å². The lowest BCUT2D eigenvalue weighted by molar-refractivity contribution is -0.146. The number of ether oxygens (including phenoxy) is 1. The lowest BCUT2D eigenvalue weighted by Gasteiger charge is -2.41. The van der Waals surface area contributed by atoms with Crippen LogP contribution in [0.4, 0.5) is 0 Å². The molecule has 35 heavy (non-hydrogen) atoms. The number of fused-ring (bicyclic) bond motifs is 2. The number of Topliss-reactive ketones (excluding diaryl/α,β-unsaturated/α-hetero) is 1. The third kappa shape index (κ3) is 4.35. The van der Waals surface area contributed by atoms with Crippen molar-refractivity contribution in [1.82, 2.24) is 5.32 Å². The summed E-state index contributed by atoms with van der Waals surface area (Å²) in [6.45, 7) is 7.77. The molecule has 5 rings (SSSR count). The predicted molar refractivity (Wildman–Crippen MR) is 134 cm³/mol. The van der Waals surface area contributed by atoms with Crippen LogP contribution in [0, 0.1) is 18.3 Å². The number of carbonyl (C=O) groups is 2. The molecule has 1 fully saturated rings. The number of ketones is 1. The smallest absolute Gasteiger partial charge is 0.336 e. The van der Waals surface area contributed by atoms with Crippen LogP contribution in [0.3, 0.4) is 0 Å². The molecule has 6 nitrogen and oxygen atoms in total. The Labute approximate surface area is 205 Å². The summed E-state index contributed by atoms with van der Waals surface area (Å²) in [5, 5.41) is 3.78. The highest BCUT2D eigenvalue weighted by molar-refractivity contribution is 5.96. The minimum absolute atomic E-state index is 0.00389. The van der Waals surface area contributed by atoms with Gasteiger partial charge in [-0.15, -0.1) is 0 Å². The second-order valence-corrected chi connectivity index (χ2v) is 11.0. The molecule has 1 aromatic heterocycles. The zero-order chi connectivity index (χ0) is 24.9. The molecule has 2 atom stereocenters. The van der Waals surface area contributed by atoms with E-state index in [4.69, 9.17) is 9.15 Å². The van der Waals surface area contributed by atoms with E-state index in [1.807, 2.05) is 33.8 Å². The second-order valence-electron chi connectivity index (χ2n) is 11.0. The largest absolute Gasteiger partial charge is 0.464 e. The highest BCUT2D eigenvalue weighted by Gasteiger charge is 2.47. The van der Waals surface area contributed by atoms with Gasteiger partial charge in [-0.05, 0) is 57.1 Å². The van der Waals surface area contributed by atoms with Gasteiger partial charge >= 0.3 is 5.97 Å². The van der Waals surface area contributed by atoms with Gasteiger partial charge in [0.25, 0.3) is 0 Å². The molecule has 1 aliphatic heterocycles. The molecule has 2 aliphatic carbocycles. The molecule has 0 amide bonds. The lowest BCUT2D eigenvalue weighted by Crippen LogP contribution is -2.45. The number of esters is 1. The molecular formula is C29H33NO5. The van der Waals surface area contributed by atoms with Crippen molar-refractivity contribution in [3.8, 4) is 0 Å². The van der Waals surface area contributed by atoms with Gasteiger partial charge in [0.05, 0.1) is 23.1 Å². The molecule has 1 saturated carbocycles. The molecule has 0 saturated heterocycles. The predicted octanol–water partition coefficient (Wildman–Crippen LogP) is 5.44. The Morgan fingerprint density at radius 1 is 1.09 bits per heavy atom. The fourth-order valence-corrected chi connectivity index (χ4v) is 5.94. The number of aryl methyl sites for hydroxylation is 1. The van der Waals surface area contributed by atoms with Gasteiger partial charge < -0.3 is 14.5 Å². The fourth-order valence-electron chi connectivity index (χ4n) is 5.94. The van der Waals surface area contributed by atoms with Gasteiger partial charge in [0.2, 0.25) is 0 Å². The lowest BCUT2D eigenvalue weighted by atomic mass is 9.66. The first-order valence-corrected chi connectivity index (χ1v) is 12.6. The molecule has 3 aliphatic rings. The van der Waals surface area contributed by atoms with Crippen LogP contribution >= 0.6 is 0 Å². The molecule has 0 spiro atoms. The van der Waals surface area contributed by atoms with E-state index in [2.05, 4.69) is 11.4 Å². The number of carbonyl (C=O) groups excluding carboxylic acids is 2. The van der Waals surface area contributed by atoms with E-state index in [0.717, 1.165) is 43.4 Å². The number of benzene rings is 1. The number of hydrogen-bond donors (Lipinski definition) is 1. The van der Waals surface area contributed by atoms with E-state index < -0.39 is 17.8 Å². The molecule has 2 aromatic rings. The van der Waals surface area contributed by atoms with Crippen molar-refractivity contribution in [1.29, 1.82) is 0 Å². The van der Waals surface area contributed by atoms with Crippen LogP contribution in [0.25, 0.3) is 11.0 Å². The summed E-state index contributed by atoms with van der Waals surface area (Å²) in [6.07, 6.45) is 8.60. The maximum absolute atomic E-state index is 13.8. The average molecular weight is 476 g/mol. The first kappa shape index (κ1) is 23.6. The fraction of sp³-hybridized carbons (Fsp3) is 0.483. The topological polar surface area (TPSA) is 85.6 Å². The summed E-state index contributed by atoms with van der Waals surface area (Å²) in [4.78, 5) is 40.9. The van der Waals surface area contributed by atoms with Gasteiger partial charge in [0, 0.05) is 29.3 Å². The van der Waals surface area contributed by atoms with Crippen LogP contribution in [0.5, 0.6) is 0 Å².